The minimum atomic E-state index is -2.40. The van der Waals surface area contributed by atoms with Crippen molar-refractivity contribution in [2.75, 3.05) is 6.54 Å². The van der Waals surface area contributed by atoms with Gasteiger partial charge in [0.25, 0.3) is 0 Å². The lowest BCUT2D eigenvalue weighted by Crippen LogP contribution is -2.53. The van der Waals surface area contributed by atoms with Gasteiger partial charge in [-0.25, -0.2) is 0 Å². The van der Waals surface area contributed by atoms with Crippen LogP contribution >= 0.6 is 0 Å². The second kappa shape index (κ2) is 2.39. The summed E-state index contributed by atoms with van der Waals surface area (Å²) in [6.07, 6.45) is 0. The van der Waals surface area contributed by atoms with Crippen LogP contribution in [-0.4, -0.2) is 31.0 Å². The summed E-state index contributed by atoms with van der Waals surface area (Å²) in [4.78, 5) is 10.0. The average molecular weight is 163 g/mol. The first-order valence-corrected chi connectivity index (χ1v) is 3.63. The molecule has 1 unspecified atom stereocenters. The summed E-state index contributed by atoms with van der Waals surface area (Å²) in [5.41, 5.74) is 0. The molecule has 1 saturated heterocycles. The highest BCUT2D eigenvalue weighted by molar-refractivity contribution is 7.73. The van der Waals surface area contributed by atoms with Gasteiger partial charge in [-0.3, -0.25) is 10.1 Å². The van der Waals surface area contributed by atoms with E-state index in [1.165, 1.54) is 0 Å². The van der Waals surface area contributed by atoms with E-state index < -0.39 is 22.2 Å². The Morgan fingerprint density at radius 1 is 1.70 bits per heavy atom. The summed E-state index contributed by atoms with van der Waals surface area (Å²) in [7, 11) is -2.40. The molecule has 1 aliphatic heterocycles. The second-order valence-electron chi connectivity index (χ2n) is 1.87. The van der Waals surface area contributed by atoms with Crippen molar-refractivity contribution in [2.24, 2.45) is 5.92 Å². The van der Waals surface area contributed by atoms with E-state index in [0.717, 1.165) is 0 Å². The van der Waals surface area contributed by atoms with Gasteiger partial charge < -0.3 is 5.11 Å². The quantitative estimate of drug-likeness (QED) is 0.450. The minimum Gasteiger partial charge on any atom is -0.481 e. The Labute approximate surface area is 58.2 Å². The van der Waals surface area contributed by atoms with E-state index in [4.69, 9.17) is 5.11 Å². The number of aliphatic carboxylic acids is 1. The summed E-state index contributed by atoms with van der Waals surface area (Å²) in [5.74, 6) is -1.95. The first-order valence-electron chi connectivity index (χ1n) is 2.55. The molecule has 2 N–H and O–H groups in total. The van der Waals surface area contributed by atoms with Gasteiger partial charge in [0.2, 0.25) is 10.3 Å². The highest BCUT2D eigenvalue weighted by Gasteiger charge is 2.33. The van der Waals surface area contributed by atoms with Crippen LogP contribution < -0.4 is 5.32 Å². The van der Waals surface area contributed by atoms with Crippen molar-refractivity contribution in [3.63, 3.8) is 0 Å². The van der Waals surface area contributed by atoms with Crippen LogP contribution in [0.25, 0.3) is 0 Å². The lowest BCUT2D eigenvalue weighted by Gasteiger charge is -2.22. The lowest BCUT2D eigenvalue weighted by molar-refractivity contribution is -0.139. The number of carboxylic acids is 1. The summed E-state index contributed by atoms with van der Waals surface area (Å²) in [5, 5.41) is 10.7. The first-order chi connectivity index (χ1) is 4.63. The molecule has 1 fully saturated rings. The number of rotatable bonds is 1. The van der Waals surface area contributed by atoms with E-state index in [1.807, 2.05) is 0 Å². The number of carboxylic acid groups (broad SMARTS) is 1. The molecule has 6 heteroatoms. The highest BCUT2D eigenvalue weighted by atomic mass is 32.2. The molecular weight excluding hydrogens is 158 g/mol. The molecule has 0 aromatic heterocycles. The number of hydrogen-bond acceptors (Lipinski definition) is 3. The molecule has 5 nitrogen and oxygen atoms in total. The van der Waals surface area contributed by atoms with Crippen LogP contribution in [0.2, 0.25) is 0 Å². The monoisotopic (exact) mass is 163 g/mol. The second-order valence-corrected chi connectivity index (χ2v) is 2.78. The number of hydrogen-bond donors (Lipinski definition) is 2. The fourth-order valence-corrected chi connectivity index (χ4v) is 1.28. The molecular formula is C4H5NO4S. The lowest BCUT2D eigenvalue weighted by atomic mass is 10.0. The molecule has 0 aromatic rings. The van der Waals surface area contributed by atoms with Crippen LogP contribution in [0.4, 0.5) is 0 Å². The summed E-state index contributed by atoms with van der Waals surface area (Å²) in [6, 6.07) is 0. The molecule has 0 aliphatic carbocycles. The third-order valence-corrected chi connectivity index (χ3v) is 2.06. The van der Waals surface area contributed by atoms with E-state index in [1.54, 1.807) is 0 Å². The number of carbonyl (C=O) groups is 1. The zero-order chi connectivity index (χ0) is 7.72. The van der Waals surface area contributed by atoms with Gasteiger partial charge in [-0.2, -0.15) is 8.42 Å². The van der Waals surface area contributed by atoms with Crippen molar-refractivity contribution in [3.8, 4) is 0 Å². The molecule has 0 bridgehead atoms. The Bertz CT molecular complexity index is 282. The van der Waals surface area contributed by atoms with Crippen molar-refractivity contribution < 1.29 is 18.3 Å². The van der Waals surface area contributed by atoms with E-state index >= 15 is 0 Å². The van der Waals surface area contributed by atoms with Gasteiger partial charge in [0.1, 0.15) is 10.9 Å². The largest absolute Gasteiger partial charge is 0.481 e. The van der Waals surface area contributed by atoms with Crippen molar-refractivity contribution in [3.05, 3.63) is 0 Å². The molecule has 0 aromatic carbocycles. The zero-order valence-electron chi connectivity index (χ0n) is 4.86. The number of nitrogens with one attached hydrogen (secondary N) is 1. The maximum absolute atomic E-state index is 10.2. The highest BCUT2D eigenvalue weighted by Crippen LogP contribution is 2.04. The van der Waals surface area contributed by atoms with Crippen LogP contribution in [0.5, 0.6) is 0 Å². The minimum absolute atomic E-state index is 0.118. The smallest absolute Gasteiger partial charge is 0.314 e. The maximum atomic E-state index is 10.2. The molecule has 56 valence electrons. The maximum Gasteiger partial charge on any atom is 0.314 e. The SMILES string of the molecule is O=C(O)C1CNC1=S(=O)=O. The van der Waals surface area contributed by atoms with E-state index in [-0.39, 0.29) is 11.5 Å². The van der Waals surface area contributed by atoms with Crippen molar-refractivity contribution in [2.45, 2.75) is 0 Å². The molecule has 1 aliphatic rings. The van der Waals surface area contributed by atoms with Gasteiger partial charge in [-0.05, 0) is 0 Å². The van der Waals surface area contributed by atoms with Gasteiger partial charge in [0, 0.05) is 6.54 Å². The Morgan fingerprint density at radius 2 is 2.30 bits per heavy atom. The predicted octanol–water partition coefficient (Wildman–Crippen LogP) is -1.70. The molecule has 1 heterocycles. The molecule has 1 atom stereocenters. The molecule has 1 rings (SSSR count). The van der Waals surface area contributed by atoms with Crippen molar-refractivity contribution in [1.82, 2.24) is 5.32 Å². The van der Waals surface area contributed by atoms with Crippen LogP contribution in [0.1, 0.15) is 0 Å². The average Bonchev–Trinajstić information content (AvgIpc) is 1.56. The summed E-state index contributed by atoms with van der Waals surface area (Å²) in [6.45, 7) is 0.207. The first kappa shape index (κ1) is 7.23. The Morgan fingerprint density at radius 3 is 2.40 bits per heavy atom. The molecule has 0 radical (unpaired) electrons. The summed E-state index contributed by atoms with van der Waals surface area (Å²) < 4.78 is 20.3. The molecule has 10 heavy (non-hydrogen) atoms. The van der Waals surface area contributed by atoms with Gasteiger partial charge in [-0.1, -0.05) is 0 Å². The molecule has 0 saturated carbocycles. The van der Waals surface area contributed by atoms with Crippen LogP contribution in [0.3, 0.4) is 0 Å². The van der Waals surface area contributed by atoms with E-state index in [9.17, 15) is 13.2 Å². The normalized spacial score (nSPS) is 23.6. The van der Waals surface area contributed by atoms with E-state index in [0.29, 0.717) is 0 Å². The zero-order valence-corrected chi connectivity index (χ0v) is 5.68. The van der Waals surface area contributed by atoms with Gasteiger partial charge in [-0.15, -0.1) is 0 Å². The topological polar surface area (TPSA) is 83.5 Å². The fraction of sp³-hybridized carbons (Fsp3) is 0.500. The standard InChI is InChI=1S/C4H5NO4S/c6-4(7)2-1-5-3(2)10(8)9/h2,5H,1H2,(H,6,7). The Hall–Kier alpha value is -0.880. The fourth-order valence-electron chi connectivity index (χ4n) is 0.662. The third-order valence-electron chi connectivity index (χ3n) is 1.27. The molecule has 0 amide bonds. The predicted molar refractivity (Wildman–Crippen MR) is 33.1 cm³/mol. The van der Waals surface area contributed by atoms with Crippen LogP contribution in [-0.2, 0) is 15.1 Å². The van der Waals surface area contributed by atoms with E-state index in [2.05, 4.69) is 5.32 Å². The van der Waals surface area contributed by atoms with Crippen LogP contribution in [0.15, 0.2) is 0 Å². The van der Waals surface area contributed by atoms with Crippen molar-refractivity contribution in [1.29, 1.82) is 0 Å². The molecule has 0 spiro atoms. The summed E-state index contributed by atoms with van der Waals surface area (Å²) >= 11 is 0. The third kappa shape index (κ3) is 1.03. The van der Waals surface area contributed by atoms with Gasteiger partial charge in [0.05, 0.1) is 0 Å². The van der Waals surface area contributed by atoms with Crippen molar-refractivity contribution >= 4 is 21.3 Å². The Kier molecular flexibility index (Phi) is 1.73. The van der Waals surface area contributed by atoms with Gasteiger partial charge in [0.15, 0.2) is 0 Å². The Balaban J connectivity index is 2.90. The van der Waals surface area contributed by atoms with Crippen LogP contribution in [0, 0.1) is 5.92 Å². The van der Waals surface area contributed by atoms with Gasteiger partial charge >= 0.3 is 5.97 Å².